The van der Waals surface area contributed by atoms with E-state index in [0.717, 1.165) is 42.4 Å². The van der Waals surface area contributed by atoms with Crippen molar-refractivity contribution in [3.8, 4) is 0 Å². The molecule has 1 aliphatic heterocycles. The summed E-state index contributed by atoms with van der Waals surface area (Å²) in [6.45, 7) is 4.31. The van der Waals surface area contributed by atoms with Crippen molar-refractivity contribution < 1.29 is 14.7 Å². The van der Waals surface area contributed by atoms with E-state index in [1.165, 1.54) is 24.2 Å². The number of likely N-dealkylation sites (N-methyl/N-ethyl adjacent to an activating group) is 1. The van der Waals surface area contributed by atoms with Gasteiger partial charge in [-0.1, -0.05) is 50.3 Å². The van der Waals surface area contributed by atoms with Crippen LogP contribution in [0, 0.1) is 13.8 Å². The molecule has 0 spiro atoms. The highest BCUT2D eigenvalue weighted by molar-refractivity contribution is 6.35. The molecule has 0 saturated heterocycles. The number of rotatable bonds is 5. The number of aliphatic hydroxyl groups is 1. The average molecular weight is 385 g/mol. The first kappa shape index (κ1) is 20.6. The smallest absolute Gasteiger partial charge is 0.278 e. The van der Waals surface area contributed by atoms with Crippen molar-refractivity contribution in [3.63, 3.8) is 0 Å². The molecule has 1 N–H and O–H groups in total. The second kappa shape index (κ2) is 8.91. The first-order valence-electron chi connectivity index (χ1n) is 10.5. The van der Waals surface area contributed by atoms with Gasteiger partial charge in [0.2, 0.25) is 0 Å². The summed E-state index contributed by atoms with van der Waals surface area (Å²) in [4.78, 5) is 30.1. The highest BCUT2D eigenvalue weighted by Gasteiger charge is 2.43. The second-order valence-electron chi connectivity index (χ2n) is 8.15. The molecule has 1 heterocycles. The number of benzene rings is 1. The van der Waals surface area contributed by atoms with E-state index in [2.05, 4.69) is 0 Å². The molecule has 0 atom stereocenters. The van der Waals surface area contributed by atoms with Crippen molar-refractivity contribution in [2.24, 2.45) is 0 Å². The van der Waals surface area contributed by atoms with Crippen LogP contribution in [0.15, 0.2) is 23.9 Å². The summed E-state index contributed by atoms with van der Waals surface area (Å²) in [6, 6.07) is 5.89. The molecule has 0 aromatic heterocycles. The van der Waals surface area contributed by atoms with Gasteiger partial charge in [-0.2, -0.15) is 0 Å². The molecule has 5 nitrogen and oxygen atoms in total. The molecule has 0 bridgehead atoms. The largest absolute Gasteiger partial charge is 0.395 e. The van der Waals surface area contributed by atoms with E-state index >= 15 is 0 Å². The summed E-state index contributed by atoms with van der Waals surface area (Å²) in [5, 5.41) is 9.40. The predicted molar refractivity (Wildman–Crippen MR) is 111 cm³/mol. The van der Waals surface area contributed by atoms with Crippen LogP contribution >= 0.6 is 0 Å². The van der Waals surface area contributed by atoms with E-state index in [0.29, 0.717) is 17.8 Å². The molecule has 1 aliphatic carbocycles. The lowest BCUT2D eigenvalue weighted by molar-refractivity contribution is -0.140. The second-order valence-corrected chi connectivity index (χ2v) is 8.15. The summed E-state index contributed by atoms with van der Waals surface area (Å²) >= 11 is 0. The van der Waals surface area contributed by atoms with E-state index < -0.39 is 0 Å². The monoisotopic (exact) mass is 384 g/mol. The molecule has 3 rings (SSSR count). The zero-order chi connectivity index (χ0) is 20.3. The van der Waals surface area contributed by atoms with Gasteiger partial charge in [-0.15, -0.1) is 0 Å². The molecule has 1 aromatic carbocycles. The Labute approximate surface area is 168 Å². The molecule has 1 fully saturated rings. The van der Waals surface area contributed by atoms with Gasteiger partial charge in [-0.05, 0) is 43.4 Å². The first-order chi connectivity index (χ1) is 13.5. The Balaban J connectivity index is 2.02. The molecule has 2 aliphatic rings. The summed E-state index contributed by atoms with van der Waals surface area (Å²) < 4.78 is 0. The summed E-state index contributed by atoms with van der Waals surface area (Å²) in [5.41, 5.74) is 3.94. The van der Waals surface area contributed by atoms with E-state index in [-0.39, 0.29) is 24.5 Å². The number of nitrogens with zero attached hydrogens (tertiary/aromatic N) is 2. The van der Waals surface area contributed by atoms with Gasteiger partial charge in [0.25, 0.3) is 11.8 Å². The Morgan fingerprint density at radius 1 is 1.00 bits per heavy atom. The van der Waals surface area contributed by atoms with Crippen LogP contribution < -0.4 is 0 Å². The quantitative estimate of drug-likeness (QED) is 0.790. The van der Waals surface area contributed by atoms with Crippen molar-refractivity contribution in [2.75, 3.05) is 20.2 Å². The van der Waals surface area contributed by atoms with Gasteiger partial charge in [0.05, 0.1) is 12.2 Å². The molecule has 5 heteroatoms. The van der Waals surface area contributed by atoms with E-state index in [9.17, 15) is 14.7 Å². The SMILES string of the molecule is Cc1ccc(C2=C(N(C)CCO)C(=O)N(C3CCCCCCC3)C2=O)cc1C. The summed E-state index contributed by atoms with van der Waals surface area (Å²) in [6.07, 6.45) is 7.46. The van der Waals surface area contributed by atoms with Gasteiger partial charge in [-0.25, -0.2) is 0 Å². The van der Waals surface area contributed by atoms with Crippen molar-refractivity contribution >= 4 is 17.4 Å². The molecule has 28 heavy (non-hydrogen) atoms. The number of amides is 2. The molecule has 1 saturated carbocycles. The van der Waals surface area contributed by atoms with Crippen molar-refractivity contribution in [1.82, 2.24) is 9.80 Å². The molecule has 152 valence electrons. The Hall–Kier alpha value is -2.14. The highest BCUT2D eigenvalue weighted by atomic mass is 16.3. The van der Waals surface area contributed by atoms with Crippen molar-refractivity contribution in [2.45, 2.75) is 64.8 Å². The number of carbonyl (C=O) groups excluding carboxylic acids is 2. The fourth-order valence-electron chi connectivity index (χ4n) is 4.33. The standard InChI is InChI=1S/C23H32N2O3/c1-16-11-12-18(15-17(16)2)20-21(24(3)13-14-26)23(28)25(22(20)27)19-9-7-5-4-6-8-10-19/h11-12,15,19,26H,4-10,13-14H2,1-3H3. The number of aliphatic hydroxyl groups excluding tert-OH is 1. The van der Waals surface area contributed by atoms with Gasteiger partial charge in [0, 0.05) is 19.6 Å². The molecule has 0 radical (unpaired) electrons. The molecule has 1 aromatic rings. The fraction of sp³-hybridized carbons (Fsp3) is 0.565. The van der Waals surface area contributed by atoms with Crippen LogP contribution in [0.25, 0.3) is 5.57 Å². The van der Waals surface area contributed by atoms with Crippen molar-refractivity contribution in [3.05, 3.63) is 40.6 Å². The number of carbonyl (C=O) groups is 2. The van der Waals surface area contributed by atoms with Crippen LogP contribution in [0.3, 0.4) is 0 Å². The maximum atomic E-state index is 13.5. The molecule has 2 amide bonds. The number of aryl methyl sites for hydroxylation is 2. The van der Waals surface area contributed by atoms with Crippen LogP contribution in [-0.2, 0) is 9.59 Å². The minimum atomic E-state index is -0.209. The summed E-state index contributed by atoms with van der Waals surface area (Å²) in [7, 11) is 1.78. The normalized spacial score (nSPS) is 19.2. The van der Waals surface area contributed by atoms with E-state index in [4.69, 9.17) is 0 Å². The highest BCUT2D eigenvalue weighted by Crippen LogP contribution is 2.35. The van der Waals surface area contributed by atoms with Crippen LogP contribution in [0.1, 0.15) is 61.6 Å². The van der Waals surface area contributed by atoms with E-state index in [1.54, 1.807) is 11.9 Å². The number of hydrogen-bond donors (Lipinski definition) is 1. The molecular formula is C23H32N2O3. The Morgan fingerprint density at radius 2 is 1.64 bits per heavy atom. The Bertz CT molecular complexity index is 776. The minimum Gasteiger partial charge on any atom is -0.395 e. The molecule has 0 unspecified atom stereocenters. The van der Waals surface area contributed by atoms with Gasteiger partial charge in [-0.3, -0.25) is 14.5 Å². The number of imide groups is 1. The lowest BCUT2D eigenvalue weighted by Crippen LogP contribution is -2.42. The lowest BCUT2D eigenvalue weighted by Gasteiger charge is -2.29. The molecular weight excluding hydrogens is 352 g/mol. The Morgan fingerprint density at radius 3 is 2.25 bits per heavy atom. The van der Waals surface area contributed by atoms with Gasteiger partial charge >= 0.3 is 0 Å². The number of hydrogen-bond acceptors (Lipinski definition) is 4. The average Bonchev–Trinajstić information content (AvgIpc) is 2.89. The van der Waals surface area contributed by atoms with Crippen molar-refractivity contribution in [1.29, 1.82) is 0 Å². The third-order valence-electron chi connectivity index (χ3n) is 6.14. The first-order valence-corrected chi connectivity index (χ1v) is 10.5. The minimum absolute atomic E-state index is 0.0260. The van der Waals surface area contributed by atoms with Crippen LogP contribution in [-0.4, -0.2) is 53.0 Å². The van der Waals surface area contributed by atoms with E-state index in [1.807, 2.05) is 32.0 Å². The zero-order valence-electron chi connectivity index (χ0n) is 17.3. The maximum absolute atomic E-state index is 13.5. The maximum Gasteiger partial charge on any atom is 0.278 e. The van der Waals surface area contributed by atoms with Gasteiger partial charge in [0.1, 0.15) is 5.70 Å². The summed E-state index contributed by atoms with van der Waals surface area (Å²) in [5.74, 6) is -0.390. The van der Waals surface area contributed by atoms with Gasteiger partial charge in [0.15, 0.2) is 0 Å². The topological polar surface area (TPSA) is 60.9 Å². The third-order valence-corrected chi connectivity index (χ3v) is 6.14. The van der Waals surface area contributed by atoms with Crippen LogP contribution in [0.5, 0.6) is 0 Å². The van der Waals surface area contributed by atoms with Gasteiger partial charge < -0.3 is 10.0 Å². The predicted octanol–water partition coefficient (Wildman–Crippen LogP) is 3.42. The van der Waals surface area contributed by atoms with Crippen LogP contribution in [0.2, 0.25) is 0 Å². The third kappa shape index (κ3) is 4.00. The Kier molecular flexibility index (Phi) is 6.55. The van der Waals surface area contributed by atoms with Crippen LogP contribution in [0.4, 0.5) is 0 Å². The lowest BCUT2D eigenvalue weighted by atomic mass is 9.95. The fourth-order valence-corrected chi connectivity index (χ4v) is 4.33. The zero-order valence-corrected chi connectivity index (χ0v) is 17.3.